The third-order valence-corrected chi connectivity index (χ3v) is 2.87. The summed E-state index contributed by atoms with van der Waals surface area (Å²) >= 11 is 0. The molecule has 0 bridgehead atoms. The Labute approximate surface area is 95.0 Å². The maximum atomic E-state index is 11.5. The summed E-state index contributed by atoms with van der Waals surface area (Å²) in [5.41, 5.74) is 5.38. The van der Waals surface area contributed by atoms with Gasteiger partial charge in [-0.05, 0) is 31.9 Å². The zero-order valence-corrected chi connectivity index (χ0v) is 9.79. The van der Waals surface area contributed by atoms with Crippen molar-refractivity contribution >= 4 is 0 Å². The molecule has 0 radical (unpaired) electrons. The summed E-state index contributed by atoms with van der Waals surface area (Å²) in [5, 5.41) is 0. The van der Waals surface area contributed by atoms with E-state index in [0.717, 1.165) is 17.0 Å². The number of hydrogen-bond acceptors (Lipinski definition) is 1. The van der Waals surface area contributed by atoms with E-state index in [9.17, 15) is 4.79 Å². The van der Waals surface area contributed by atoms with Crippen molar-refractivity contribution in [1.29, 1.82) is 0 Å². The number of aromatic nitrogens is 1. The molecule has 16 heavy (non-hydrogen) atoms. The van der Waals surface area contributed by atoms with Crippen LogP contribution in [0.15, 0.2) is 35.1 Å². The van der Waals surface area contributed by atoms with Crippen LogP contribution in [0.25, 0.3) is 11.3 Å². The highest BCUT2D eigenvalue weighted by atomic mass is 16.1. The SMILES string of the molecule is Cc1cc(=O)cc(-c2cccc(C)c2C)[nH]1. The highest BCUT2D eigenvalue weighted by Gasteiger charge is 2.04. The molecule has 0 saturated carbocycles. The minimum absolute atomic E-state index is 0.0483. The van der Waals surface area contributed by atoms with Gasteiger partial charge in [-0.3, -0.25) is 4.79 Å². The lowest BCUT2D eigenvalue weighted by molar-refractivity contribution is 1.18. The summed E-state index contributed by atoms with van der Waals surface area (Å²) in [6.07, 6.45) is 0. The second kappa shape index (κ2) is 3.97. The minimum Gasteiger partial charge on any atom is -0.358 e. The molecule has 2 heteroatoms. The molecule has 0 atom stereocenters. The van der Waals surface area contributed by atoms with Crippen LogP contribution in [0.3, 0.4) is 0 Å². The van der Waals surface area contributed by atoms with Gasteiger partial charge in [0, 0.05) is 29.1 Å². The molecule has 0 amide bonds. The molecule has 2 nitrogen and oxygen atoms in total. The average molecular weight is 213 g/mol. The van der Waals surface area contributed by atoms with Gasteiger partial charge in [0.2, 0.25) is 0 Å². The fourth-order valence-electron chi connectivity index (χ4n) is 1.87. The van der Waals surface area contributed by atoms with Gasteiger partial charge in [0.15, 0.2) is 5.43 Å². The largest absolute Gasteiger partial charge is 0.358 e. The van der Waals surface area contributed by atoms with Crippen molar-refractivity contribution in [3.63, 3.8) is 0 Å². The van der Waals surface area contributed by atoms with Crippen LogP contribution >= 0.6 is 0 Å². The molecular weight excluding hydrogens is 198 g/mol. The van der Waals surface area contributed by atoms with E-state index in [1.165, 1.54) is 11.1 Å². The molecule has 0 saturated heterocycles. The first-order chi connectivity index (χ1) is 7.58. The Morgan fingerprint density at radius 3 is 2.50 bits per heavy atom. The number of aromatic amines is 1. The lowest BCUT2D eigenvalue weighted by Crippen LogP contribution is -2.02. The Bertz CT molecular complexity index is 582. The van der Waals surface area contributed by atoms with E-state index in [2.05, 4.69) is 24.9 Å². The first kappa shape index (κ1) is 10.7. The van der Waals surface area contributed by atoms with E-state index < -0.39 is 0 Å². The predicted molar refractivity (Wildman–Crippen MR) is 66.7 cm³/mol. The van der Waals surface area contributed by atoms with Crippen molar-refractivity contribution in [3.05, 3.63) is 57.4 Å². The van der Waals surface area contributed by atoms with Crippen molar-refractivity contribution in [3.8, 4) is 11.3 Å². The van der Waals surface area contributed by atoms with Gasteiger partial charge >= 0.3 is 0 Å². The van der Waals surface area contributed by atoms with Gasteiger partial charge in [-0.1, -0.05) is 18.2 Å². The Kier molecular flexibility index (Phi) is 2.65. The summed E-state index contributed by atoms with van der Waals surface area (Å²) in [7, 11) is 0. The van der Waals surface area contributed by atoms with Crippen LogP contribution in [0.1, 0.15) is 16.8 Å². The number of rotatable bonds is 1. The molecule has 0 spiro atoms. The van der Waals surface area contributed by atoms with Gasteiger partial charge in [0.25, 0.3) is 0 Å². The van der Waals surface area contributed by atoms with E-state index in [4.69, 9.17) is 0 Å². The van der Waals surface area contributed by atoms with Crippen LogP contribution in [-0.2, 0) is 0 Å². The van der Waals surface area contributed by atoms with E-state index in [1.54, 1.807) is 12.1 Å². The van der Waals surface area contributed by atoms with Gasteiger partial charge in [-0.2, -0.15) is 0 Å². The van der Waals surface area contributed by atoms with E-state index in [1.807, 2.05) is 19.1 Å². The molecule has 0 unspecified atom stereocenters. The molecule has 1 aromatic heterocycles. The van der Waals surface area contributed by atoms with Crippen LogP contribution in [0.2, 0.25) is 0 Å². The Hall–Kier alpha value is -1.83. The highest BCUT2D eigenvalue weighted by molar-refractivity contribution is 5.64. The van der Waals surface area contributed by atoms with Gasteiger partial charge in [-0.25, -0.2) is 0 Å². The number of nitrogens with one attached hydrogen (secondary N) is 1. The predicted octanol–water partition coefficient (Wildman–Crippen LogP) is 2.97. The topological polar surface area (TPSA) is 32.9 Å². The molecule has 2 aromatic rings. The third-order valence-electron chi connectivity index (χ3n) is 2.87. The van der Waals surface area contributed by atoms with Crippen molar-refractivity contribution in [2.24, 2.45) is 0 Å². The highest BCUT2D eigenvalue weighted by Crippen LogP contribution is 2.22. The summed E-state index contributed by atoms with van der Waals surface area (Å²) in [6.45, 7) is 6.05. The van der Waals surface area contributed by atoms with Crippen LogP contribution in [0.5, 0.6) is 0 Å². The summed E-state index contributed by atoms with van der Waals surface area (Å²) in [5.74, 6) is 0. The fourth-order valence-corrected chi connectivity index (χ4v) is 1.87. The Morgan fingerprint density at radius 1 is 1.06 bits per heavy atom. The molecular formula is C14H15NO. The van der Waals surface area contributed by atoms with Crippen LogP contribution in [0.4, 0.5) is 0 Å². The molecule has 0 fully saturated rings. The molecule has 1 N–H and O–H groups in total. The number of H-pyrrole nitrogens is 1. The number of pyridine rings is 1. The first-order valence-corrected chi connectivity index (χ1v) is 5.35. The molecule has 0 aliphatic carbocycles. The lowest BCUT2D eigenvalue weighted by atomic mass is 10.0. The maximum Gasteiger partial charge on any atom is 0.182 e. The molecule has 0 aliphatic rings. The van der Waals surface area contributed by atoms with Crippen LogP contribution < -0.4 is 5.43 Å². The lowest BCUT2D eigenvalue weighted by Gasteiger charge is -2.09. The fraction of sp³-hybridized carbons (Fsp3) is 0.214. The monoisotopic (exact) mass is 213 g/mol. The van der Waals surface area contributed by atoms with Crippen molar-refractivity contribution in [2.75, 3.05) is 0 Å². The van der Waals surface area contributed by atoms with E-state index >= 15 is 0 Å². The standard InChI is InChI=1S/C14H15NO/c1-9-5-4-6-13(11(9)3)14-8-12(16)7-10(2)15-14/h4-8H,1-3H3,(H,15,16). The molecule has 1 heterocycles. The quantitative estimate of drug-likeness (QED) is 0.776. The second-order valence-corrected chi connectivity index (χ2v) is 4.16. The zero-order chi connectivity index (χ0) is 11.7. The summed E-state index contributed by atoms with van der Waals surface area (Å²) in [4.78, 5) is 14.7. The van der Waals surface area contributed by atoms with Gasteiger partial charge in [-0.15, -0.1) is 0 Å². The first-order valence-electron chi connectivity index (χ1n) is 5.35. The van der Waals surface area contributed by atoms with E-state index in [-0.39, 0.29) is 5.43 Å². The molecule has 82 valence electrons. The normalized spacial score (nSPS) is 10.4. The van der Waals surface area contributed by atoms with Gasteiger partial charge < -0.3 is 4.98 Å². The second-order valence-electron chi connectivity index (χ2n) is 4.16. The van der Waals surface area contributed by atoms with Crippen LogP contribution in [0, 0.1) is 20.8 Å². The summed E-state index contributed by atoms with van der Waals surface area (Å²) in [6, 6.07) is 9.38. The van der Waals surface area contributed by atoms with Crippen molar-refractivity contribution < 1.29 is 0 Å². The zero-order valence-electron chi connectivity index (χ0n) is 9.79. The molecule has 1 aromatic carbocycles. The van der Waals surface area contributed by atoms with Crippen molar-refractivity contribution in [1.82, 2.24) is 4.98 Å². The number of benzene rings is 1. The van der Waals surface area contributed by atoms with Crippen molar-refractivity contribution in [2.45, 2.75) is 20.8 Å². The number of aryl methyl sites for hydroxylation is 2. The van der Waals surface area contributed by atoms with E-state index in [0.29, 0.717) is 0 Å². The third kappa shape index (κ3) is 1.91. The summed E-state index contributed by atoms with van der Waals surface area (Å²) < 4.78 is 0. The minimum atomic E-state index is 0.0483. The van der Waals surface area contributed by atoms with Crippen LogP contribution in [-0.4, -0.2) is 4.98 Å². The smallest absolute Gasteiger partial charge is 0.182 e. The molecule has 0 aliphatic heterocycles. The average Bonchev–Trinajstić information content (AvgIpc) is 2.20. The Morgan fingerprint density at radius 2 is 1.81 bits per heavy atom. The maximum absolute atomic E-state index is 11.5. The Balaban J connectivity index is 2.67. The van der Waals surface area contributed by atoms with Gasteiger partial charge in [0.05, 0.1) is 0 Å². The van der Waals surface area contributed by atoms with Gasteiger partial charge in [0.1, 0.15) is 0 Å². The number of hydrogen-bond donors (Lipinski definition) is 1. The molecule has 2 rings (SSSR count).